The Kier molecular flexibility index (Phi) is 2.86. The Morgan fingerprint density at radius 3 is 3.00 bits per heavy atom. The molecule has 0 aromatic carbocycles. The lowest BCUT2D eigenvalue weighted by Crippen LogP contribution is -1.93. The quantitative estimate of drug-likeness (QED) is 0.801. The highest BCUT2D eigenvalue weighted by Crippen LogP contribution is 2.18. The molecule has 15 heavy (non-hydrogen) atoms. The van der Waals surface area contributed by atoms with Crippen molar-refractivity contribution in [2.75, 3.05) is 0 Å². The number of aromatic nitrogens is 1. The van der Waals surface area contributed by atoms with Gasteiger partial charge in [-0.3, -0.25) is 0 Å². The third-order valence-corrected chi connectivity index (χ3v) is 2.54. The standard InChI is InChI=1S/C13H15NO/c1-10(15)7-8-12-9-11-5-3-2-4-6-13(11)14-12/h3-6,9,14H,2,7-8H2,1H3. The molecule has 1 aliphatic rings. The first-order valence-electron chi connectivity index (χ1n) is 5.30. The highest BCUT2D eigenvalue weighted by Gasteiger charge is 2.05. The van der Waals surface area contributed by atoms with E-state index in [1.54, 1.807) is 6.92 Å². The smallest absolute Gasteiger partial charge is 0.130 e. The van der Waals surface area contributed by atoms with Crippen molar-refractivity contribution in [1.82, 2.24) is 4.98 Å². The van der Waals surface area contributed by atoms with E-state index in [1.165, 1.54) is 5.56 Å². The number of aryl methyl sites for hydroxylation is 1. The number of allylic oxidation sites excluding steroid dienone is 2. The monoisotopic (exact) mass is 201 g/mol. The summed E-state index contributed by atoms with van der Waals surface area (Å²) in [6, 6.07) is 2.13. The van der Waals surface area contributed by atoms with Crippen molar-refractivity contribution in [1.29, 1.82) is 0 Å². The number of aromatic amines is 1. The fourth-order valence-corrected chi connectivity index (χ4v) is 1.73. The minimum atomic E-state index is 0.242. The van der Waals surface area contributed by atoms with Gasteiger partial charge in [0, 0.05) is 17.8 Å². The molecular weight excluding hydrogens is 186 g/mol. The Labute approximate surface area is 89.7 Å². The van der Waals surface area contributed by atoms with Crippen molar-refractivity contribution in [2.45, 2.75) is 26.2 Å². The van der Waals surface area contributed by atoms with Crippen LogP contribution in [0.3, 0.4) is 0 Å². The number of rotatable bonds is 3. The van der Waals surface area contributed by atoms with Crippen LogP contribution in [0, 0.1) is 0 Å². The van der Waals surface area contributed by atoms with Gasteiger partial charge in [-0.2, -0.15) is 0 Å². The number of carbonyl (C=O) groups excluding carboxylic acids is 1. The number of H-pyrrole nitrogens is 1. The third kappa shape index (κ3) is 2.46. The third-order valence-electron chi connectivity index (χ3n) is 2.54. The zero-order valence-electron chi connectivity index (χ0n) is 8.92. The van der Waals surface area contributed by atoms with Crippen molar-refractivity contribution in [2.24, 2.45) is 0 Å². The Balaban J connectivity index is 2.16. The van der Waals surface area contributed by atoms with Crippen LogP contribution in [-0.2, 0) is 11.2 Å². The molecule has 0 bridgehead atoms. The molecule has 0 aliphatic heterocycles. The molecule has 0 saturated carbocycles. The van der Waals surface area contributed by atoms with Gasteiger partial charge in [0.05, 0.1) is 0 Å². The molecule has 2 heteroatoms. The van der Waals surface area contributed by atoms with Gasteiger partial charge in [-0.1, -0.05) is 18.2 Å². The molecular formula is C13H15NO. The lowest BCUT2D eigenvalue weighted by atomic mass is 10.1. The van der Waals surface area contributed by atoms with Gasteiger partial charge >= 0.3 is 0 Å². The topological polar surface area (TPSA) is 32.9 Å². The van der Waals surface area contributed by atoms with Crippen LogP contribution < -0.4 is 0 Å². The normalized spacial score (nSPS) is 13.7. The molecule has 2 rings (SSSR count). The number of hydrogen-bond donors (Lipinski definition) is 1. The number of nitrogens with one attached hydrogen (secondary N) is 1. The summed E-state index contributed by atoms with van der Waals surface area (Å²) in [7, 11) is 0. The van der Waals surface area contributed by atoms with Gasteiger partial charge in [0.1, 0.15) is 5.78 Å². The van der Waals surface area contributed by atoms with Crippen LogP contribution in [0.15, 0.2) is 18.2 Å². The molecule has 1 heterocycles. The SMILES string of the molecule is CC(=O)CCc1cc2c([nH]1)C=CCC=C2. The van der Waals surface area contributed by atoms with Gasteiger partial charge in [0.2, 0.25) is 0 Å². The van der Waals surface area contributed by atoms with Gasteiger partial charge in [-0.25, -0.2) is 0 Å². The van der Waals surface area contributed by atoms with Crippen LogP contribution in [-0.4, -0.2) is 10.8 Å². The molecule has 0 amide bonds. The maximum Gasteiger partial charge on any atom is 0.130 e. The van der Waals surface area contributed by atoms with E-state index in [9.17, 15) is 4.79 Å². The van der Waals surface area contributed by atoms with Crippen molar-refractivity contribution >= 4 is 17.9 Å². The molecule has 1 aliphatic carbocycles. The highest BCUT2D eigenvalue weighted by atomic mass is 16.1. The van der Waals surface area contributed by atoms with Gasteiger partial charge in [-0.05, 0) is 37.5 Å². The van der Waals surface area contributed by atoms with E-state index in [-0.39, 0.29) is 5.78 Å². The van der Waals surface area contributed by atoms with Crippen molar-refractivity contribution < 1.29 is 4.79 Å². The van der Waals surface area contributed by atoms with E-state index in [4.69, 9.17) is 0 Å². The zero-order chi connectivity index (χ0) is 10.7. The molecule has 2 nitrogen and oxygen atoms in total. The Morgan fingerprint density at radius 1 is 1.40 bits per heavy atom. The van der Waals surface area contributed by atoms with Crippen molar-refractivity contribution in [3.63, 3.8) is 0 Å². The molecule has 0 radical (unpaired) electrons. The van der Waals surface area contributed by atoms with E-state index >= 15 is 0 Å². The predicted octanol–water partition coefficient (Wildman–Crippen LogP) is 2.97. The first kappa shape index (κ1) is 9.97. The van der Waals surface area contributed by atoms with Gasteiger partial charge in [-0.15, -0.1) is 0 Å². The molecule has 1 aromatic heterocycles. The van der Waals surface area contributed by atoms with E-state index in [0.29, 0.717) is 6.42 Å². The van der Waals surface area contributed by atoms with E-state index in [0.717, 1.165) is 24.2 Å². The second-order valence-corrected chi connectivity index (χ2v) is 3.91. The number of Topliss-reactive ketones (excluding diaryl/α,β-unsaturated/α-hetero) is 1. The Bertz CT molecular complexity index is 394. The fourth-order valence-electron chi connectivity index (χ4n) is 1.73. The summed E-state index contributed by atoms with van der Waals surface area (Å²) in [5.41, 5.74) is 3.52. The van der Waals surface area contributed by atoms with Crippen LogP contribution in [0.1, 0.15) is 36.7 Å². The van der Waals surface area contributed by atoms with E-state index < -0.39 is 0 Å². The second-order valence-electron chi connectivity index (χ2n) is 3.91. The Hall–Kier alpha value is -1.57. The first-order valence-corrected chi connectivity index (χ1v) is 5.30. The number of fused-ring (bicyclic) bond motifs is 1. The van der Waals surface area contributed by atoms with Gasteiger partial charge in [0.15, 0.2) is 0 Å². The number of ketones is 1. The summed E-state index contributed by atoms with van der Waals surface area (Å²) in [4.78, 5) is 14.2. The lowest BCUT2D eigenvalue weighted by Gasteiger charge is -1.93. The molecule has 0 fully saturated rings. The predicted molar refractivity (Wildman–Crippen MR) is 62.5 cm³/mol. The summed E-state index contributed by atoms with van der Waals surface area (Å²) in [5, 5.41) is 0. The van der Waals surface area contributed by atoms with Crippen LogP contribution in [0.5, 0.6) is 0 Å². The molecule has 78 valence electrons. The maximum absolute atomic E-state index is 10.9. The summed E-state index contributed by atoms with van der Waals surface area (Å²) in [6.07, 6.45) is 10.9. The lowest BCUT2D eigenvalue weighted by molar-refractivity contribution is -0.116. The summed E-state index contributed by atoms with van der Waals surface area (Å²) in [5.74, 6) is 0.242. The maximum atomic E-state index is 10.9. The van der Waals surface area contributed by atoms with E-state index in [1.807, 2.05) is 0 Å². The van der Waals surface area contributed by atoms with Crippen molar-refractivity contribution in [3.8, 4) is 0 Å². The van der Waals surface area contributed by atoms with Crippen LogP contribution in [0.4, 0.5) is 0 Å². The average molecular weight is 201 g/mol. The largest absolute Gasteiger partial charge is 0.358 e. The van der Waals surface area contributed by atoms with Gasteiger partial charge in [0.25, 0.3) is 0 Å². The van der Waals surface area contributed by atoms with Crippen molar-refractivity contribution in [3.05, 3.63) is 35.2 Å². The number of hydrogen-bond acceptors (Lipinski definition) is 1. The van der Waals surface area contributed by atoms with Crippen LogP contribution >= 0.6 is 0 Å². The first-order chi connectivity index (χ1) is 7.25. The summed E-state index contributed by atoms with van der Waals surface area (Å²) < 4.78 is 0. The molecule has 0 atom stereocenters. The van der Waals surface area contributed by atoms with Crippen LogP contribution in [0.25, 0.3) is 12.2 Å². The second kappa shape index (κ2) is 4.30. The molecule has 1 N–H and O–H groups in total. The van der Waals surface area contributed by atoms with Crippen LogP contribution in [0.2, 0.25) is 0 Å². The minimum Gasteiger partial charge on any atom is -0.358 e. The average Bonchev–Trinajstić information content (AvgIpc) is 2.46. The zero-order valence-corrected chi connectivity index (χ0v) is 8.92. The summed E-state index contributed by atoms with van der Waals surface area (Å²) >= 11 is 0. The molecule has 0 spiro atoms. The van der Waals surface area contributed by atoms with E-state index in [2.05, 4.69) is 35.4 Å². The van der Waals surface area contributed by atoms with Gasteiger partial charge < -0.3 is 9.78 Å². The molecule has 0 saturated heterocycles. The number of carbonyl (C=O) groups is 1. The highest BCUT2D eigenvalue weighted by molar-refractivity contribution is 5.75. The fraction of sp³-hybridized carbons (Fsp3) is 0.308. The Morgan fingerprint density at radius 2 is 2.20 bits per heavy atom. The molecule has 0 unspecified atom stereocenters. The minimum absolute atomic E-state index is 0.242. The summed E-state index contributed by atoms with van der Waals surface area (Å²) in [6.45, 7) is 1.63. The molecule has 1 aromatic rings.